The van der Waals surface area contributed by atoms with E-state index in [0.29, 0.717) is 5.41 Å². The molecular weight excluding hydrogens is 188 g/mol. The van der Waals surface area contributed by atoms with Gasteiger partial charge in [0.25, 0.3) is 0 Å². The summed E-state index contributed by atoms with van der Waals surface area (Å²) >= 11 is 0. The SMILES string of the molecule is CN1CCCCC1CNCC1(C)COC1. The van der Waals surface area contributed by atoms with Crippen LogP contribution in [0.2, 0.25) is 0 Å². The maximum absolute atomic E-state index is 5.25. The van der Waals surface area contributed by atoms with E-state index >= 15 is 0 Å². The molecule has 2 saturated heterocycles. The molecule has 0 bridgehead atoms. The minimum Gasteiger partial charge on any atom is -0.380 e. The van der Waals surface area contributed by atoms with Crippen molar-refractivity contribution in [2.24, 2.45) is 5.41 Å². The molecule has 0 spiro atoms. The van der Waals surface area contributed by atoms with Gasteiger partial charge in [-0.1, -0.05) is 13.3 Å². The Hall–Kier alpha value is -0.120. The first-order valence-corrected chi connectivity index (χ1v) is 6.18. The van der Waals surface area contributed by atoms with Gasteiger partial charge in [0.05, 0.1) is 13.2 Å². The van der Waals surface area contributed by atoms with E-state index in [1.807, 2.05) is 0 Å². The third kappa shape index (κ3) is 2.92. The van der Waals surface area contributed by atoms with Crippen LogP contribution in [-0.2, 0) is 4.74 Å². The average Bonchev–Trinajstić information content (AvgIpc) is 2.18. The van der Waals surface area contributed by atoms with Crippen LogP contribution in [-0.4, -0.2) is 50.8 Å². The zero-order valence-corrected chi connectivity index (χ0v) is 10.1. The van der Waals surface area contributed by atoms with Crippen LogP contribution >= 0.6 is 0 Å². The molecule has 1 unspecified atom stereocenters. The number of rotatable bonds is 4. The first kappa shape index (κ1) is 11.4. The maximum Gasteiger partial charge on any atom is 0.0554 e. The molecule has 2 heterocycles. The van der Waals surface area contributed by atoms with Crippen LogP contribution in [0.1, 0.15) is 26.2 Å². The predicted molar refractivity (Wildman–Crippen MR) is 62.1 cm³/mol. The topological polar surface area (TPSA) is 24.5 Å². The van der Waals surface area contributed by atoms with Crippen LogP contribution in [0.25, 0.3) is 0 Å². The molecule has 2 fully saturated rings. The predicted octanol–water partition coefficient (Wildman–Crippen LogP) is 1.10. The largest absolute Gasteiger partial charge is 0.380 e. The number of ether oxygens (including phenoxy) is 1. The smallest absolute Gasteiger partial charge is 0.0554 e. The molecule has 1 N–H and O–H groups in total. The summed E-state index contributed by atoms with van der Waals surface area (Å²) in [6.45, 7) is 7.69. The Balaban J connectivity index is 1.64. The number of likely N-dealkylation sites (tertiary alicyclic amines) is 1. The second kappa shape index (κ2) is 4.81. The van der Waals surface area contributed by atoms with Gasteiger partial charge in [-0.3, -0.25) is 0 Å². The van der Waals surface area contributed by atoms with Crippen LogP contribution in [0.5, 0.6) is 0 Å². The maximum atomic E-state index is 5.25. The van der Waals surface area contributed by atoms with Crippen molar-refractivity contribution < 1.29 is 4.74 Å². The monoisotopic (exact) mass is 212 g/mol. The highest BCUT2D eigenvalue weighted by Crippen LogP contribution is 2.25. The van der Waals surface area contributed by atoms with Gasteiger partial charge in [-0.15, -0.1) is 0 Å². The average molecular weight is 212 g/mol. The number of hydrogen-bond donors (Lipinski definition) is 1. The Morgan fingerprint density at radius 2 is 2.20 bits per heavy atom. The molecule has 2 aliphatic heterocycles. The third-order valence-electron chi connectivity index (χ3n) is 3.75. The van der Waals surface area contributed by atoms with Gasteiger partial charge in [0.15, 0.2) is 0 Å². The van der Waals surface area contributed by atoms with Gasteiger partial charge < -0.3 is 15.0 Å². The van der Waals surface area contributed by atoms with Crippen molar-refractivity contribution in [2.75, 3.05) is 39.9 Å². The minimum absolute atomic E-state index is 0.410. The summed E-state index contributed by atoms with van der Waals surface area (Å²) in [7, 11) is 2.25. The summed E-state index contributed by atoms with van der Waals surface area (Å²) in [5.74, 6) is 0. The molecule has 0 aromatic carbocycles. The Morgan fingerprint density at radius 1 is 1.40 bits per heavy atom. The molecule has 0 aromatic rings. The number of piperidine rings is 1. The number of nitrogens with zero attached hydrogens (tertiary/aromatic N) is 1. The van der Waals surface area contributed by atoms with Gasteiger partial charge in [0.1, 0.15) is 0 Å². The lowest BCUT2D eigenvalue weighted by Gasteiger charge is -2.39. The van der Waals surface area contributed by atoms with Gasteiger partial charge in [0, 0.05) is 24.5 Å². The van der Waals surface area contributed by atoms with E-state index < -0.39 is 0 Å². The lowest BCUT2D eigenvalue weighted by molar-refractivity contribution is -0.0994. The molecule has 2 aliphatic rings. The lowest BCUT2D eigenvalue weighted by Crippen LogP contribution is -2.50. The fraction of sp³-hybridized carbons (Fsp3) is 1.00. The molecule has 15 heavy (non-hydrogen) atoms. The molecule has 0 aliphatic carbocycles. The molecule has 1 atom stereocenters. The van der Waals surface area contributed by atoms with Crippen molar-refractivity contribution in [3.05, 3.63) is 0 Å². The van der Waals surface area contributed by atoms with Crippen LogP contribution in [0.4, 0.5) is 0 Å². The molecule has 0 radical (unpaired) electrons. The Labute approximate surface area is 93.2 Å². The summed E-state index contributed by atoms with van der Waals surface area (Å²) in [6.07, 6.45) is 4.13. The summed E-state index contributed by atoms with van der Waals surface area (Å²) in [5.41, 5.74) is 0.410. The van der Waals surface area contributed by atoms with E-state index in [2.05, 4.69) is 24.2 Å². The van der Waals surface area contributed by atoms with Crippen molar-refractivity contribution >= 4 is 0 Å². The summed E-state index contributed by atoms with van der Waals surface area (Å²) < 4.78 is 5.25. The fourth-order valence-corrected chi connectivity index (χ4v) is 2.50. The van der Waals surface area contributed by atoms with Crippen molar-refractivity contribution in [3.63, 3.8) is 0 Å². The van der Waals surface area contributed by atoms with E-state index in [1.165, 1.54) is 25.8 Å². The number of nitrogens with one attached hydrogen (secondary N) is 1. The second-order valence-corrected chi connectivity index (χ2v) is 5.56. The normalized spacial score (nSPS) is 31.2. The molecular formula is C12H24N2O. The Bertz CT molecular complexity index is 204. The van der Waals surface area contributed by atoms with E-state index in [9.17, 15) is 0 Å². The van der Waals surface area contributed by atoms with E-state index in [1.54, 1.807) is 0 Å². The highest BCUT2D eigenvalue weighted by atomic mass is 16.5. The van der Waals surface area contributed by atoms with Crippen molar-refractivity contribution in [1.82, 2.24) is 10.2 Å². The standard InChI is InChI=1S/C12H24N2O/c1-12(9-15-10-12)8-13-7-11-5-3-4-6-14(11)2/h11,13H,3-10H2,1-2H3. The van der Waals surface area contributed by atoms with E-state index in [-0.39, 0.29) is 0 Å². The fourth-order valence-electron chi connectivity index (χ4n) is 2.50. The molecule has 0 aromatic heterocycles. The summed E-state index contributed by atoms with van der Waals surface area (Å²) in [5, 5.41) is 3.61. The highest BCUT2D eigenvalue weighted by molar-refractivity contribution is 4.84. The first-order chi connectivity index (χ1) is 7.20. The zero-order valence-electron chi connectivity index (χ0n) is 10.1. The van der Waals surface area contributed by atoms with Crippen molar-refractivity contribution in [2.45, 2.75) is 32.2 Å². The quantitative estimate of drug-likeness (QED) is 0.755. The van der Waals surface area contributed by atoms with Gasteiger partial charge in [-0.25, -0.2) is 0 Å². The molecule has 3 heteroatoms. The van der Waals surface area contributed by atoms with Gasteiger partial charge in [-0.05, 0) is 26.4 Å². The first-order valence-electron chi connectivity index (χ1n) is 6.18. The van der Waals surface area contributed by atoms with Gasteiger partial charge >= 0.3 is 0 Å². The van der Waals surface area contributed by atoms with Crippen LogP contribution in [0, 0.1) is 5.41 Å². The van der Waals surface area contributed by atoms with Crippen LogP contribution in [0.3, 0.4) is 0 Å². The Morgan fingerprint density at radius 3 is 2.80 bits per heavy atom. The zero-order chi connectivity index (χ0) is 10.7. The Kier molecular flexibility index (Phi) is 3.65. The highest BCUT2D eigenvalue weighted by Gasteiger charge is 2.33. The summed E-state index contributed by atoms with van der Waals surface area (Å²) in [4.78, 5) is 2.50. The number of likely N-dealkylation sites (N-methyl/N-ethyl adjacent to an activating group) is 1. The second-order valence-electron chi connectivity index (χ2n) is 5.56. The van der Waals surface area contributed by atoms with Gasteiger partial charge in [-0.2, -0.15) is 0 Å². The number of hydrogen-bond acceptors (Lipinski definition) is 3. The van der Waals surface area contributed by atoms with Crippen molar-refractivity contribution in [1.29, 1.82) is 0 Å². The van der Waals surface area contributed by atoms with Crippen LogP contribution < -0.4 is 5.32 Å². The van der Waals surface area contributed by atoms with Crippen molar-refractivity contribution in [3.8, 4) is 0 Å². The van der Waals surface area contributed by atoms with E-state index in [0.717, 1.165) is 32.3 Å². The summed E-state index contributed by atoms with van der Waals surface area (Å²) in [6, 6.07) is 0.753. The molecule has 88 valence electrons. The third-order valence-corrected chi connectivity index (χ3v) is 3.75. The molecule has 0 saturated carbocycles. The van der Waals surface area contributed by atoms with Crippen LogP contribution in [0.15, 0.2) is 0 Å². The minimum atomic E-state index is 0.410. The molecule has 2 rings (SSSR count). The van der Waals surface area contributed by atoms with Gasteiger partial charge in [0.2, 0.25) is 0 Å². The molecule has 3 nitrogen and oxygen atoms in total. The molecule has 0 amide bonds. The van der Waals surface area contributed by atoms with E-state index in [4.69, 9.17) is 4.74 Å². The lowest BCUT2D eigenvalue weighted by atomic mass is 9.88.